The molecule has 0 saturated carbocycles. The number of benzene rings is 3. The van der Waals surface area contributed by atoms with Crippen molar-refractivity contribution in [2.45, 2.75) is 0 Å². The van der Waals surface area contributed by atoms with Crippen molar-refractivity contribution in [1.82, 2.24) is 0 Å². The van der Waals surface area contributed by atoms with Gasteiger partial charge in [0.05, 0.1) is 0 Å². The van der Waals surface area contributed by atoms with E-state index in [4.69, 9.17) is 0 Å². The minimum atomic E-state index is 1.22. The van der Waals surface area contributed by atoms with Crippen LogP contribution in [-0.2, 0) is 0 Å². The van der Waals surface area contributed by atoms with Gasteiger partial charge >= 0.3 is 0 Å². The Morgan fingerprint density at radius 3 is 2.10 bits per heavy atom. The Balaban J connectivity index is 2.12. The Morgan fingerprint density at radius 1 is 0.571 bits per heavy atom. The van der Waals surface area contributed by atoms with Gasteiger partial charge in [-0.25, -0.2) is 0 Å². The van der Waals surface area contributed by atoms with E-state index >= 15 is 0 Å². The number of halogens is 1. The molecule has 3 aromatic rings. The van der Waals surface area contributed by atoms with Crippen LogP contribution >= 0.6 is 15.9 Å². The van der Waals surface area contributed by atoms with Gasteiger partial charge in [0.15, 0.2) is 0 Å². The molecule has 5 rings (SSSR count). The molecule has 0 spiro atoms. The number of hydrogen-bond donors (Lipinski definition) is 0. The Bertz CT molecular complexity index is 1230. The molecule has 21 heavy (non-hydrogen) atoms. The van der Waals surface area contributed by atoms with Crippen LogP contribution in [0.4, 0.5) is 0 Å². The largest absolute Gasteiger partial charge is 0.0616 e. The van der Waals surface area contributed by atoms with Crippen molar-refractivity contribution in [3.05, 3.63) is 103 Å². The summed E-state index contributed by atoms with van der Waals surface area (Å²) in [4.78, 5) is 0. The second kappa shape index (κ2) is 3.96. The zero-order valence-electron chi connectivity index (χ0n) is 11.2. The van der Waals surface area contributed by atoms with Crippen LogP contribution in [0.15, 0.2) is 60.7 Å². The van der Waals surface area contributed by atoms with E-state index in [-0.39, 0.29) is 0 Å². The molecule has 0 aromatic heterocycles. The van der Waals surface area contributed by atoms with Gasteiger partial charge in [-0.05, 0) is 58.9 Å². The summed E-state index contributed by atoms with van der Waals surface area (Å²) in [5, 5.41) is 7.95. The number of rotatable bonds is 0. The number of fused-ring (bicyclic) bond motifs is 5. The van der Waals surface area contributed by atoms with E-state index in [1.807, 2.05) is 0 Å². The third kappa shape index (κ3) is 1.39. The van der Waals surface area contributed by atoms with Crippen molar-refractivity contribution in [3.8, 4) is 0 Å². The highest BCUT2D eigenvalue weighted by Gasteiger charge is 2.16. The van der Waals surface area contributed by atoms with Gasteiger partial charge in [0.1, 0.15) is 0 Å². The molecule has 0 amide bonds. The first-order chi connectivity index (χ1) is 10.3. The van der Waals surface area contributed by atoms with Crippen molar-refractivity contribution in [2.24, 2.45) is 0 Å². The van der Waals surface area contributed by atoms with Crippen LogP contribution in [-0.4, -0.2) is 0 Å². The summed E-state index contributed by atoms with van der Waals surface area (Å²) in [5.41, 5.74) is 2.68. The van der Waals surface area contributed by atoms with E-state index in [2.05, 4.69) is 82.7 Å². The van der Waals surface area contributed by atoms with Gasteiger partial charge < -0.3 is 0 Å². The standard InChI is InChI=1S/C20H11Br/c21-20-17-8-4-3-7-14(17)16-10-9-15-13-6-2-1-5-12(13)11-18(15)19(16)20/h1-11H. The third-order valence-electron chi connectivity index (χ3n) is 4.47. The monoisotopic (exact) mass is 330 g/mol. The van der Waals surface area contributed by atoms with Crippen LogP contribution < -0.4 is 10.4 Å². The lowest BCUT2D eigenvalue weighted by Gasteiger charge is -2.02. The van der Waals surface area contributed by atoms with Gasteiger partial charge in [-0.3, -0.25) is 0 Å². The normalized spacial score (nSPS) is 13.3. The van der Waals surface area contributed by atoms with Gasteiger partial charge in [0.2, 0.25) is 0 Å². The second-order valence-corrected chi connectivity index (χ2v) is 6.33. The van der Waals surface area contributed by atoms with Crippen molar-refractivity contribution < 1.29 is 0 Å². The highest BCUT2D eigenvalue weighted by atomic mass is 79.9. The molecule has 0 aliphatic heterocycles. The fourth-order valence-electron chi connectivity index (χ4n) is 3.53. The smallest absolute Gasteiger partial charge is 0.0338 e. The molecule has 0 saturated heterocycles. The molecule has 0 bridgehead atoms. The van der Waals surface area contributed by atoms with Crippen LogP contribution in [0.2, 0.25) is 0 Å². The van der Waals surface area contributed by atoms with Crippen LogP contribution in [0.1, 0.15) is 11.1 Å². The third-order valence-corrected chi connectivity index (χ3v) is 5.29. The first-order valence-electron chi connectivity index (χ1n) is 7.08. The summed E-state index contributed by atoms with van der Waals surface area (Å²) < 4.78 is 1.22. The lowest BCUT2D eigenvalue weighted by atomic mass is 10.0. The van der Waals surface area contributed by atoms with E-state index in [0.29, 0.717) is 0 Å². The van der Waals surface area contributed by atoms with E-state index in [0.717, 1.165) is 0 Å². The average Bonchev–Trinajstić information content (AvgIpc) is 3.04. The molecule has 0 atom stereocenters. The molecule has 0 nitrogen and oxygen atoms in total. The summed E-state index contributed by atoms with van der Waals surface area (Å²) in [5.74, 6) is 0. The molecule has 2 aliphatic rings. The molecule has 3 aromatic carbocycles. The lowest BCUT2D eigenvalue weighted by Crippen LogP contribution is -2.00. The Labute approximate surface area is 129 Å². The first-order valence-corrected chi connectivity index (χ1v) is 7.87. The molecule has 0 heterocycles. The lowest BCUT2D eigenvalue weighted by molar-refractivity contribution is 1.43. The quantitative estimate of drug-likeness (QED) is 0.464. The van der Waals surface area contributed by atoms with Gasteiger partial charge in [-0.1, -0.05) is 60.7 Å². The molecule has 0 fully saturated rings. The predicted octanol–water partition coefficient (Wildman–Crippen LogP) is 3.27. The van der Waals surface area contributed by atoms with Gasteiger partial charge in [-0.2, -0.15) is 0 Å². The molecule has 0 N–H and O–H groups in total. The summed E-state index contributed by atoms with van der Waals surface area (Å²) in [6.45, 7) is 0. The minimum absolute atomic E-state index is 1.22. The molecular weight excluding hydrogens is 320 g/mol. The van der Waals surface area contributed by atoms with Crippen molar-refractivity contribution in [1.29, 1.82) is 0 Å². The Hall–Kier alpha value is -2.12. The van der Waals surface area contributed by atoms with E-state index in [9.17, 15) is 0 Å². The summed E-state index contributed by atoms with van der Waals surface area (Å²) >= 11 is 3.83. The minimum Gasteiger partial charge on any atom is -0.0616 e. The fraction of sp³-hybridized carbons (Fsp3) is 0. The SMILES string of the molecule is BrC1=c2ccccc2=c2ccc3c(c21)C=c1ccccc1=3. The average molecular weight is 331 g/mol. The highest BCUT2D eigenvalue weighted by Crippen LogP contribution is 2.29. The van der Waals surface area contributed by atoms with Crippen LogP contribution in [0.5, 0.6) is 0 Å². The molecule has 1 heteroatoms. The predicted molar refractivity (Wildman–Crippen MR) is 88.9 cm³/mol. The summed E-state index contributed by atoms with van der Waals surface area (Å²) in [7, 11) is 0. The van der Waals surface area contributed by atoms with E-state index in [1.54, 1.807) is 0 Å². The first kappa shape index (κ1) is 11.5. The van der Waals surface area contributed by atoms with Gasteiger partial charge in [0, 0.05) is 10.0 Å². The van der Waals surface area contributed by atoms with Gasteiger partial charge in [0.25, 0.3) is 0 Å². The van der Waals surface area contributed by atoms with E-state index < -0.39 is 0 Å². The van der Waals surface area contributed by atoms with Gasteiger partial charge in [-0.15, -0.1) is 0 Å². The second-order valence-electron chi connectivity index (χ2n) is 5.54. The molecular formula is C20H11Br. The summed E-state index contributed by atoms with van der Waals surface area (Å²) in [6, 6.07) is 21.8. The molecule has 0 unspecified atom stereocenters. The topological polar surface area (TPSA) is 0 Å². The van der Waals surface area contributed by atoms with Crippen LogP contribution in [0, 0.1) is 20.9 Å². The summed E-state index contributed by atoms with van der Waals surface area (Å²) in [6.07, 6.45) is 2.32. The van der Waals surface area contributed by atoms with Crippen molar-refractivity contribution >= 4 is 26.5 Å². The molecule has 98 valence electrons. The maximum atomic E-state index is 3.83. The molecule has 2 aliphatic carbocycles. The zero-order chi connectivity index (χ0) is 14.0. The Morgan fingerprint density at radius 2 is 1.24 bits per heavy atom. The maximum Gasteiger partial charge on any atom is 0.0338 e. The van der Waals surface area contributed by atoms with Crippen LogP contribution in [0.25, 0.3) is 10.6 Å². The number of hydrogen-bond acceptors (Lipinski definition) is 0. The maximum absolute atomic E-state index is 3.83. The van der Waals surface area contributed by atoms with Crippen LogP contribution in [0.3, 0.4) is 0 Å². The zero-order valence-corrected chi connectivity index (χ0v) is 12.8. The van der Waals surface area contributed by atoms with Crippen molar-refractivity contribution in [3.63, 3.8) is 0 Å². The van der Waals surface area contributed by atoms with Crippen molar-refractivity contribution in [2.75, 3.05) is 0 Å². The molecule has 0 radical (unpaired) electrons. The Kier molecular flexibility index (Phi) is 2.17. The fourth-order valence-corrected chi connectivity index (χ4v) is 4.31. The van der Waals surface area contributed by atoms with E-state index in [1.165, 1.54) is 46.9 Å². The highest BCUT2D eigenvalue weighted by molar-refractivity contribution is 9.15.